The predicted octanol–water partition coefficient (Wildman–Crippen LogP) is 4.67. The predicted molar refractivity (Wildman–Crippen MR) is 107 cm³/mol. The molecule has 0 bridgehead atoms. The second kappa shape index (κ2) is 7.27. The lowest BCUT2D eigenvalue weighted by Gasteiger charge is -2.23. The van der Waals surface area contributed by atoms with E-state index in [4.69, 9.17) is 0 Å². The molecule has 4 nitrogen and oxygen atoms in total. The number of fused-ring (bicyclic) bond motifs is 1. The van der Waals surface area contributed by atoms with E-state index in [2.05, 4.69) is 5.32 Å². The Balaban J connectivity index is 1.58. The van der Waals surface area contributed by atoms with E-state index in [1.165, 1.54) is 18.2 Å². The first kappa shape index (κ1) is 17.9. The van der Waals surface area contributed by atoms with E-state index in [-0.39, 0.29) is 11.9 Å². The fourth-order valence-corrected chi connectivity index (χ4v) is 3.58. The van der Waals surface area contributed by atoms with Crippen molar-refractivity contribution in [3.05, 3.63) is 95.3 Å². The van der Waals surface area contributed by atoms with E-state index < -0.39 is 11.7 Å². The number of benzene rings is 3. The van der Waals surface area contributed by atoms with Crippen molar-refractivity contribution in [2.45, 2.75) is 19.4 Å². The van der Waals surface area contributed by atoms with E-state index >= 15 is 0 Å². The van der Waals surface area contributed by atoms with Gasteiger partial charge in [-0.2, -0.15) is 0 Å². The highest BCUT2D eigenvalue weighted by Gasteiger charge is 2.31. The molecule has 0 aliphatic carbocycles. The van der Waals surface area contributed by atoms with Crippen LogP contribution >= 0.6 is 0 Å². The van der Waals surface area contributed by atoms with E-state index in [0.29, 0.717) is 16.8 Å². The maximum Gasteiger partial charge on any atom is 0.258 e. The topological polar surface area (TPSA) is 49.4 Å². The normalized spacial score (nSPS) is 15.2. The minimum atomic E-state index is -0.427. The summed E-state index contributed by atoms with van der Waals surface area (Å²) in [7, 11) is 0. The minimum Gasteiger partial charge on any atom is -0.322 e. The van der Waals surface area contributed by atoms with Gasteiger partial charge in [-0.05, 0) is 61.4 Å². The molecule has 0 saturated heterocycles. The van der Waals surface area contributed by atoms with Crippen LogP contribution in [0.5, 0.6) is 0 Å². The molecular formula is C23H19FN2O2. The number of carbonyl (C=O) groups is 2. The van der Waals surface area contributed by atoms with Gasteiger partial charge in [-0.25, -0.2) is 4.39 Å². The molecule has 3 aromatic rings. The monoisotopic (exact) mass is 374 g/mol. The highest BCUT2D eigenvalue weighted by molar-refractivity contribution is 6.10. The molecule has 4 rings (SSSR count). The van der Waals surface area contributed by atoms with Gasteiger partial charge in [0.1, 0.15) is 5.82 Å². The molecule has 1 unspecified atom stereocenters. The van der Waals surface area contributed by atoms with Gasteiger partial charge in [-0.15, -0.1) is 0 Å². The van der Waals surface area contributed by atoms with Crippen LogP contribution in [0.4, 0.5) is 15.8 Å². The highest BCUT2D eigenvalue weighted by Crippen LogP contribution is 2.33. The molecule has 140 valence electrons. The molecule has 2 amide bonds. The van der Waals surface area contributed by atoms with Crippen molar-refractivity contribution in [2.24, 2.45) is 0 Å². The quantitative estimate of drug-likeness (QED) is 0.724. The van der Waals surface area contributed by atoms with Gasteiger partial charge in [0, 0.05) is 28.5 Å². The third kappa shape index (κ3) is 3.39. The fourth-order valence-electron chi connectivity index (χ4n) is 3.58. The van der Waals surface area contributed by atoms with Gasteiger partial charge in [0.25, 0.3) is 11.8 Å². The molecule has 0 aromatic heterocycles. The zero-order chi connectivity index (χ0) is 19.7. The first-order chi connectivity index (χ1) is 13.5. The lowest BCUT2D eigenvalue weighted by Crippen LogP contribution is -2.35. The van der Waals surface area contributed by atoms with Crippen molar-refractivity contribution < 1.29 is 14.0 Å². The number of nitrogens with zero attached hydrogens (tertiary/aromatic N) is 1. The van der Waals surface area contributed by atoms with Crippen LogP contribution in [0.1, 0.15) is 33.2 Å². The zero-order valence-electron chi connectivity index (χ0n) is 15.4. The number of hydrogen-bond donors (Lipinski definition) is 1. The highest BCUT2D eigenvalue weighted by atomic mass is 19.1. The average Bonchev–Trinajstić information content (AvgIpc) is 3.03. The molecule has 1 heterocycles. The van der Waals surface area contributed by atoms with Gasteiger partial charge >= 0.3 is 0 Å². The SMILES string of the molecule is CC1Cc2ccccc2N1C(=O)c1cccc(C(=O)Nc2cccc(F)c2)c1. The summed E-state index contributed by atoms with van der Waals surface area (Å²) in [5, 5.41) is 2.66. The number of halogens is 1. The maximum atomic E-state index is 13.3. The Morgan fingerprint density at radius 1 is 0.964 bits per heavy atom. The van der Waals surface area contributed by atoms with Crippen LogP contribution in [0.2, 0.25) is 0 Å². The largest absolute Gasteiger partial charge is 0.322 e. The lowest BCUT2D eigenvalue weighted by molar-refractivity contribution is 0.0981. The van der Waals surface area contributed by atoms with Crippen molar-refractivity contribution in [1.29, 1.82) is 0 Å². The van der Waals surface area contributed by atoms with E-state index in [9.17, 15) is 14.0 Å². The van der Waals surface area contributed by atoms with E-state index in [1.807, 2.05) is 31.2 Å². The first-order valence-corrected chi connectivity index (χ1v) is 9.11. The standard InChI is InChI=1S/C23H19FN2O2/c1-15-12-16-6-2-3-11-21(16)26(15)23(28)18-8-4-7-17(13-18)22(27)25-20-10-5-9-19(24)14-20/h2-11,13-15H,12H2,1H3,(H,25,27). The van der Waals surface area contributed by atoms with E-state index in [1.54, 1.807) is 35.2 Å². The van der Waals surface area contributed by atoms with Crippen LogP contribution in [-0.2, 0) is 6.42 Å². The summed E-state index contributed by atoms with van der Waals surface area (Å²) >= 11 is 0. The molecule has 0 radical (unpaired) electrons. The van der Waals surface area contributed by atoms with Crippen LogP contribution in [0.15, 0.2) is 72.8 Å². The third-order valence-electron chi connectivity index (χ3n) is 4.88. The summed E-state index contributed by atoms with van der Waals surface area (Å²) in [4.78, 5) is 27.4. The van der Waals surface area contributed by atoms with Gasteiger partial charge in [-0.1, -0.05) is 30.3 Å². The van der Waals surface area contributed by atoms with Gasteiger partial charge in [-0.3, -0.25) is 9.59 Å². The summed E-state index contributed by atoms with van der Waals surface area (Å²) in [5.74, 6) is -0.962. The second-order valence-corrected chi connectivity index (χ2v) is 6.90. The van der Waals surface area contributed by atoms with Crippen LogP contribution in [0.25, 0.3) is 0 Å². The summed E-state index contributed by atoms with van der Waals surface area (Å²) in [5.41, 5.74) is 3.20. The second-order valence-electron chi connectivity index (χ2n) is 6.90. The van der Waals surface area contributed by atoms with Gasteiger partial charge in [0.15, 0.2) is 0 Å². The molecule has 0 spiro atoms. The number of amides is 2. The minimum absolute atomic E-state index is 0.0506. The number of anilines is 2. The van der Waals surface area contributed by atoms with Crippen molar-refractivity contribution in [2.75, 3.05) is 10.2 Å². The average molecular weight is 374 g/mol. The molecule has 0 fully saturated rings. The Morgan fingerprint density at radius 3 is 2.54 bits per heavy atom. The Bertz CT molecular complexity index is 1060. The van der Waals surface area contributed by atoms with Gasteiger partial charge in [0.2, 0.25) is 0 Å². The van der Waals surface area contributed by atoms with Crippen molar-refractivity contribution in [3.63, 3.8) is 0 Å². The Hall–Kier alpha value is -3.47. The molecule has 5 heteroatoms. The molecule has 1 aliphatic rings. The number of carbonyl (C=O) groups excluding carboxylic acids is 2. The molecule has 0 saturated carbocycles. The van der Waals surface area contributed by atoms with E-state index in [0.717, 1.165) is 17.7 Å². The molecule has 1 atom stereocenters. The van der Waals surface area contributed by atoms with Crippen LogP contribution in [-0.4, -0.2) is 17.9 Å². The summed E-state index contributed by atoms with van der Waals surface area (Å²) in [6.07, 6.45) is 0.807. The molecular weight excluding hydrogens is 355 g/mol. The summed E-state index contributed by atoms with van der Waals surface area (Å²) in [6, 6.07) is 20.2. The van der Waals surface area contributed by atoms with Crippen molar-refractivity contribution >= 4 is 23.2 Å². The number of hydrogen-bond acceptors (Lipinski definition) is 2. The first-order valence-electron chi connectivity index (χ1n) is 9.11. The Morgan fingerprint density at radius 2 is 1.71 bits per heavy atom. The Kier molecular flexibility index (Phi) is 4.65. The number of nitrogens with one attached hydrogen (secondary N) is 1. The molecule has 3 aromatic carbocycles. The van der Waals surface area contributed by atoms with Gasteiger partial charge < -0.3 is 10.2 Å². The van der Waals surface area contributed by atoms with Crippen LogP contribution in [0, 0.1) is 5.82 Å². The fraction of sp³-hybridized carbons (Fsp3) is 0.130. The van der Waals surface area contributed by atoms with Crippen molar-refractivity contribution in [3.8, 4) is 0 Å². The van der Waals surface area contributed by atoms with Crippen LogP contribution in [0.3, 0.4) is 0 Å². The smallest absolute Gasteiger partial charge is 0.258 e. The zero-order valence-corrected chi connectivity index (χ0v) is 15.4. The molecule has 28 heavy (non-hydrogen) atoms. The summed E-state index contributed by atoms with van der Waals surface area (Å²) in [6.45, 7) is 2.01. The number of para-hydroxylation sites is 1. The van der Waals surface area contributed by atoms with Crippen LogP contribution < -0.4 is 10.2 Å². The van der Waals surface area contributed by atoms with Gasteiger partial charge in [0.05, 0.1) is 0 Å². The Labute approximate surface area is 162 Å². The molecule has 1 aliphatic heterocycles. The number of rotatable bonds is 3. The summed E-state index contributed by atoms with van der Waals surface area (Å²) < 4.78 is 13.3. The van der Waals surface area contributed by atoms with Crippen molar-refractivity contribution in [1.82, 2.24) is 0 Å². The molecule has 1 N–H and O–H groups in total. The lowest BCUT2D eigenvalue weighted by atomic mass is 10.1. The third-order valence-corrected chi connectivity index (χ3v) is 4.88. The maximum absolute atomic E-state index is 13.3.